The lowest BCUT2D eigenvalue weighted by Gasteiger charge is -2.32. The molecule has 152 valence electrons. The van der Waals surface area contributed by atoms with Crippen LogP contribution in [0.4, 0.5) is 10.5 Å². The van der Waals surface area contributed by atoms with E-state index in [1.54, 1.807) is 0 Å². The fourth-order valence-corrected chi connectivity index (χ4v) is 4.05. The van der Waals surface area contributed by atoms with Gasteiger partial charge in [-0.05, 0) is 56.9 Å². The van der Waals surface area contributed by atoms with Gasteiger partial charge in [-0.1, -0.05) is 24.3 Å². The summed E-state index contributed by atoms with van der Waals surface area (Å²) in [4.78, 5) is 19.3. The molecule has 0 atom stereocenters. The number of carbonyl (C=O) groups is 1. The molecule has 0 unspecified atom stereocenters. The van der Waals surface area contributed by atoms with Crippen LogP contribution in [0.5, 0.6) is 5.75 Å². The Morgan fingerprint density at radius 3 is 2.66 bits per heavy atom. The number of para-hydroxylation sites is 4. The monoisotopic (exact) mass is 392 g/mol. The summed E-state index contributed by atoms with van der Waals surface area (Å²) in [7, 11) is 0. The zero-order valence-electron chi connectivity index (χ0n) is 17.1. The fourth-order valence-electron chi connectivity index (χ4n) is 4.05. The molecule has 6 nitrogen and oxygen atoms in total. The van der Waals surface area contributed by atoms with Gasteiger partial charge in [0, 0.05) is 19.6 Å². The van der Waals surface area contributed by atoms with Gasteiger partial charge in [-0.15, -0.1) is 0 Å². The highest BCUT2D eigenvalue weighted by atomic mass is 16.5. The van der Waals surface area contributed by atoms with Gasteiger partial charge in [0.1, 0.15) is 11.6 Å². The van der Waals surface area contributed by atoms with Crippen LogP contribution in [-0.2, 0) is 6.54 Å². The number of carbonyl (C=O) groups excluding carboxylic acids is 1. The second-order valence-corrected chi connectivity index (χ2v) is 7.55. The molecule has 2 heterocycles. The van der Waals surface area contributed by atoms with Gasteiger partial charge in [0.05, 0.1) is 23.3 Å². The Hall–Kier alpha value is -3.02. The molecule has 1 aliphatic rings. The Morgan fingerprint density at radius 2 is 1.86 bits per heavy atom. The summed E-state index contributed by atoms with van der Waals surface area (Å²) in [5.74, 6) is 2.31. The predicted molar refractivity (Wildman–Crippen MR) is 115 cm³/mol. The number of anilines is 1. The van der Waals surface area contributed by atoms with Gasteiger partial charge in [0.25, 0.3) is 0 Å². The van der Waals surface area contributed by atoms with E-state index in [1.165, 1.54) is 5.52 Å². The summed E-state index contributed by atoms with van der Waals surface area (Å²) in [6.45, 7) is 7.06. The van der Waals surface area contributed by atoms with E-state index in [0.29, 0.717) is 18.3 Å². The molecule has 0 aliphatic carbocycles. The summed E-state index contributed by atoms with van der Waals surface area (Å²) in [5.41, 5.74) is 2.97. The number of aryl methyl sites for hydroxylation is 1. The van der Waals surface area contributed by atoms with Crippen LogP contribution >= 0.6 is 0 Å². The number of benzene rings is 2. The highest BCUT2D eigenvalue weighted by molar-refractivity contribution is 5.91. The van der Waals surface area contributed by atoms with Crippen molar-refractivity contribution in [3.63, 3.8) is 0 Å². The number of rotatable bonds is 5. The lowest BCUT2D eigenvalue weighted by Crippen LogP contribution is -2.41. The molecular formula is C23H28N4O2. The average molecular weight is 393 g/mol. The predicted octanol–water partition coefficient (Wildman–Crippen LogP) is 4.69. The second kappa shape index (κ2) is 8.55. The molecule has 6 heteroatoms. The summed E-state index contributed by atoms with van der Waals surface area (Å²) in [6, 6.07) is 15.8. The van der Waals surface area contributed by atoms with Gasteiger partial charge in [-0.3, -0.25) is 0 Å². The number of amides is 2. The third-order valence-corrected chi connectivity index (χ3v) is 5.62. The topological polar surface area (TPSA) is 59.4 Å². The number of nitrogens with zero attached hydrogens (tertiary/aromatic N) is 3. The number of urea groups is 1. The van der Waals surface area contributed by atoms with Crippen LogP contribution in [0.3, 0.4) is 0 Å². The Balaban J connectivity index is 1.36. The first-order valence-corrected chi connectivity index (χ1v) is 10.4. The third kappa shape index (κ3) is 4.21. The normalized spacial score (nSPS) is 14.9. The van der Waals surface area contributed by atoms with Crippen LogP contribution in [0.25, 0.3) is 11.0 Å². The molecule has 0 saturated carbocycles. The number of imidazole rings is 1. The van der Waals surface area contributed by atoms with Crippen molar-refractivity contribution in [1.82, 2.24) is 14.5 Å². The van der Waals surface area contributed by atoms with E-state index in [0.717, 1.165) is 49.5 Å². The molecule has 0 radical (unpaired) electrons. The van der Waals surface area contributed by atoms with Gasteiger partial charge < -0.3 is 19.5 Å². The molecule has 0 bridgehead atoms. The fraction of sp³-hybridized carbons (Fsp3) is 0.391. The van der Waals surface area contributed by atoms with Gasteiger partial charge >= 0.3 is 6.03 Å². The van der Waals surface area contributed by atoms with Crippen molar-refractivity contribution < 1.29 is 9.53 Å². The van der Waals surface area contributed by atoms with Gasteiger partial charge in [0.15, 0.2) is 0 Å². The SMILES string of the molecule is CCOc1ccccc1NC(=O)N1CCC(Cn2c(C)nc3ccccc32)CC1. The Kier molecular flexibility index (Phi) is 5.69. The highest BCUT2D eigenvalue weighted by Crippen LogP contribution is 2.26. The molecule has 29 heavy (non-hydrogen) atoms. The van der Waals surface area contributed by atoms with E-state index in [1.807, 2.05) is 42.2 Å². The Labute approximate surface area is 171 Å². The maximum Gasteiger partial charge on any atom is 0.321 e. The minimum absolute atomic E-state index is 0.0557. The van der Waals surface area contributed by atoms with Crippen LogP contribution in [-0.4, -0.2) is 40.2 Å². The first-order valence-electron chi connectivity index (χ1n) is 10.4. The van der Waals surface area contributed by atoms with Crippen molar-refractivity contribution in [2.24, 2.45) is 5.92 Å². The average Bonchev–Trinajstić information content (AvgIpc) is 3.05. The first-order chi connectivity index (χ1) is 14.2. The van der Waals surface area contributed by atoms with Crippen LogP contribution in [0.1, 0.15) is 25.6 Å². The second-order valence-electron chi connectivity index (χ2n) is 7.55. The first kappa shape index (κ1) is 19.3. The van der Waals surface area contributed by atoms with E-state index >= 15 is 0 Å². The summed E-state index contributed by atoms with van der Waals surface area (Å²) in [5, 5.41) is 3.01. The van der Waals surface area contributed by atoms with Crippen LogP contribution in [0.2, 0.25) is 0 Å². The number of piperidine rings is 1. The van der Waals surface area contributed by atoms with E-state index in [9.17, 15) is 4.79 Å². The summed E-state index contributed by atoms with van der Waals surface area (Å²) in [6.07, 6.45) is 1.99. The molecule has 1 saturated heterocycles. The van der Waals surface area contributed by atoms with Crippen molar-refractivity contribution >= 4 is 22.8 Å². The molecule has 1 aliphatic heterocycles. The molecule has 0 spiro atoms. The maximum absolute atomic E-state index is 12.7. The highest BCUT2D eigenvalue weighted by Gasteiger charge is 2.24. The Morgan fingerprint density at radius 1 is 1.14 bits per heavy atom. The summed E-state index contributed by atoms with van der Waals surface area (Å²) < 4.78 is 7.92. The smallest absolute Gasteiger partial charge is 0.321 e. The van der Waals surface area contributed by atoms with Crippen molar-refractivity contribution in [2.75, 3.05) is 25.0 Å². The number of hydrogen-bond donors (Lipinski definition) is 1. The molecule has 1 N–H and O–H groups in total. The maximum atomic E-state index is 12.7. The van der Waals surface area contributed by atoms with E-state index in [-0.39, 0.29) is 6.03 Å². The number of nitrogens with one attached hydrogen (secondary N) is 1. The van der Waals surface area contributed by atoms with Gasteiger partial charge in [-0.25, -0.2) is 9.78 Å². The zero-order valence-corrected chi connectivity index (χ0v) is 17.1. The van der Waals surface area contributed by atoms with Crippen molar-refractivity contribution in [3.05, 3.63) is 54.4 Å². The van der Waals surface area contributed by atoms with Gasteiger partial charge in [0.2, 0.25) is 0 Å². The van der Waals surface area contributed by atoms with E-state index in [4.69, 9.17) is 4.74 Å². The van der Waals surface area contributed by atoms with E-state index in [2.05, 4.69) is 40.0 Å². The quantitative estimate of drug-likeness (QED) is 0.685. The zero-order chi connectivity index (χ0) is 20.2. The molecular weight excluding hydrogens is 364 g/mol. The van der Waals surface area contributed by atoms with Crippen molar-refractivity contribution in [2.45, 2.75) is 33.2 Å². The van der Waals surface area contributed by atoms with Crippen molar-refractivity contribution in [3.8, 4) is 5.75 Å². The van der Waals surface area contributed by atoms with E-state index < -0.39 is 0 Å². The number of ether oxygens (including phenoxy) is 1. The lowest BCUT2D eigenvalue weighted by atomic mass is 9.96. The standard InChI is InChI=1S/C23H28N4O2/c1-3-29-22-11-7-5-9-20(22)25-23(28)26-14-12-18(13-15-26)16-27-17(2)24-19-8-4-6-10-21(19)27/h4-11,18H,3,12-16H2,1-2H3,(H,25,28). The molecule has 4 rings (SSSR count). The van der Waals surface area contributed by atoms with Crippen LogP contribution in [0, 0.1) is 12.8 Å². The largest absolute Gasteiger partial charge is 0.492 e. The molecule has 2 amide bonds. The number of fused-ring (bicyclic) bond motifs is 1. The lowest BCUT2D eigenvalue weighted by molar-refractivity contribution is 0.177. The molecule has 1 fully saturated rings. The number of likely N-dealkylation sites (tertiary alicyclic amines) is 1. The number of aromatic nitrogens is 2. The molecule has 3 aromatic rings. The minimum atomic E-state index is -0.0557. The van der Waals surface area contributed by atoms with Crippen LogP contribution in [0.15, 0.2) is 48.5 Å². The van der Waals surface area contributed by atoms with Crippen molar-refractivity contribution in [1.29, 1.82) is 0 Å². The minimum Gasteiger partial charge on any atom is -0.492 e. The van der Waals surface area contributed by atoms with Crippen LogP contribution < -0.4 is 10.1 Å². The molecule has 1 aromatic heterocycles. The number of hydrogen-bond acceptors (Lipinski definition) is 3. The summed E-state index contributed by atoms with van der Waals surface area (Å²) >= 11 is 0. The van der Waals surface area contributed by atoms with Gasteiger partial charge in [-0.2, -0.15) is 0 Å². The third-order valence-electron chi connectivity index (χ3n) is 5.62. The molecule has 2 aromatic carbocycles. The Bertz CT molecular complexity index is 989.